The van der Waals surface area contributed by atoms with E-state index in [1.807, 2.05) is 0 Å². The maximum absolute atomic E-state index is 13.6. The summed E-state index contributed by atoms with van der Waals surface area (Å²) in [5.74, 6) is 0.139. The van der Waals surface area contributed by atoms with Crippen molar-refractivity contribution in [2.24, 2.45) is 0 Å². The van der Waals surface area contributed by atoms with Gasteiger partial charge in [-0.1, -0.05) is 11.6 Å². The van der Waals surface area contributed by atoms with Gasteiger partial charge in [-0.15, -0.1) is 0 Å². The van der Waals surface area contributed by atoms with Crippen molar-refractivity contribution in [3.8, 4) is 5.75 Å². The molecule has 1 heterocycles. The molecule has 8 heteroatoms. The van der Waals surface area contributed by atoms with E-state index in [1.165, 1.54) is 24.5 Å². The third-order valence-electron chi connectivity index (χ3n) is 3.83. The van der Waals surface area contributed by atoms with E-state index in [1.54, 1.807) is 7.11 Å². The molecule has 0 spiro atoms. The molecule has 0 radical (unpaired) electrons. The molecule has 1 saturated carbocycles. The van der Waals surface area contributed by atoms with Crippen LogP contribution in [0.15, 0.2) is 24.5 Å². The Morgan fingerprint density at radius 1 is 1.33 bits per heavy atom. The van der Waals surface area contributed by atoms with Crippen LogP contribution < -0.4 is 10.1 Å². The minimum Gasteiger partial charge on any atom is -0.488 e. The molecule has 1 aromatic carbocycles. The summed E-state index contributed by atoms with van der Waals surface area (Å²) in [5.41, 5.74) is 0.604. The van der Waals surface area contributed by atoms with Gasteiger partial charge in [-0.2, -0.15) is 0 Å². The Hall–Kier alpha value is -2.25. The molecule has 2 aromatic rings. The van der Waals surface area contributed by atoms with Gasteiger partial charge in [-0.05, 0) is 12.1 Å². The molecular formula is C16H15ClFN3O3. The number of hydrogen-bond acceptors (Lipinski definition) is 6. The quantitative estimate of drug-likeness (QED) is 0.635. The molecule has 0 saturated heterocycles. The lowest BCUT2D eigenvalue weighted by Crippen LogP contribution is -2.38. The lowest BCUT2D eigenvalue weighted by Gasteiger charge is -2.34. The Bertz CT molecular complexity index is 753. The number of benzene rings is 1. The number of aldehydes is 1. The number of carbonyl (C=O) groups is 1. The number of halogens is 2. The largest absolute Gasteiger partial charge is 0.488 e. The van der Waals surface area contributed by atoms with Gasteiger partial charge in [0.15, 0.2) is 6.29 Å². The third-order valence-corrected chi connectivity index (χ3v) is 4.13. The van der Waals surface area contributed by atoms with Crippen LogP contribution in [0.25, 0.3) is 0 Å². The fourth-order valence-corrected chi connectivity index (χ4v) is 2.57. The smallest absolute Gasteiger partial charge is 0.156 e. The SMILES string of the molecule is COC1CC(Oc2cc(F)ccc2Nc2ncnc(Cl)c2C=O)C1. The van der Waals surface area contributed by atoms with E-state index < -0.39 is 5.82 Å². The minimum atomic E-state index is -0.422. The Balaban J connectivity index is 1.83. The molecule has 0 unspecified atom stereocenters. The van der Waals surface area contributed by atoms with E-state index in [0.29, 0.717) is 17.7 Å². The first-order valence-electron chi connectivity index (χ1n) is 7.32. The molecule has 1 aliphatic carbocycles. The second-order valence-electron chi connectivity index (χ2n) is 5.38. The van der Waals surface area contributed by atoms with E-state index in [2.05, 4.69) is 15.3 Å². The first kappa shape index (κ1) is 16.6. The second kappa shape index (κ2) is 7.11. The van der Waals surface area contributed by atoms with Crippen LogP contribution in [0.4, 0.5) is 15.9 Å². The van der Waals surface area contributed by atoms with Gasteiger partial charge in [0, 0.05) is 26.0 Å². The number of ether oxygens (including phenoxy) is 2. The number of nitrogens with one attached hydrogen (secondary N) is 1. The summed E-state index contributed by atoms with van der Waals surface area (Å²) in [4.78, 5) is 18.9. The number of rotatable bonds is 6. The molecule has 1 aliphatic rings. The molecule has 0 bridgehead atoms. The predicted molar refractivity (Wildman–Crippen MR) is 86.6 cm³/mol. The Kier molecular flexibility index (Phi) is 4.92. The van der Waals surface area contributed by atoms with E-state index >= 15 is 0 Å². The van der Waals surface area contributed by atoms with Crippen LogP contribution in [-0.4, -0.2) is 35.6 Å². The summed E-state index contributed by atoms with van der Waals surface area (Å²) in [7, 11) is 1.65. The van der Waals surface area contributed by atoms with Crippen LogP contribution in [0.1, 0.15) is 23.2 Å². The lowest BCUT2D eigenvalue weighted by atomic mass is 9.92. The van der Waals surface area contributed by atoms with E-state index in [9.17, 15) is 9.18 Å². The standard InChI is InChI=1S/C16H15ClFN3O3/c1-23-10-5-11(6-10)24-14-4-9(18)2-3-13(14)21-16-12(7-22)15(17)19-8-20-16/h2-4,7-8,10-11H,5-6H2,1H3,(H,19,20,21). The average Bonchev–Trinajstić information content (AvgIpc) is 2.53. The molecule has 0 atom stereocenters. The van der Waals surface area contributed by atoms with Crippen molar-refractivity contribution in [2.75, 3.05) is 12.4 Å². The predicted octanol–water partition coefficient (Wildman–Crippen LogP) is 3.38. The zero-order valence-corrected chi connectivity index (χ0v) is 13.6. The van der Waals surface area contributed by atoms with Gasteiger partial charge >= 0.3 is 0 Å². The van der Waals surface area contributed by atoms with Gasteiger partial charge in [-0.25, -0.2) is 14.4 Å². The number of nitrogens with zero attached hydrogens (tertiary/aromatic N) is 2. The number of methoxy groups -OCH3 is 1. The summed E-state index contributed by atoms with van der Waals surface area (Å²) in [6.45, 7) is 0. The van der Waals surface area contributed by atoms with Crippen molar-refractivity contribution in [3.05, 3.63) is 41.1 Å². The van der Waals surface area contributed by atoms with Gasteiger partial charge in [-0.3, -0.25) is 4.79 Å². The summed E-state index contributed by atoms with van der Waals surface area (Å²) >= 11 is 5.88. The van der Waals surface area contributed by atoms with Gasteiger partial charge in [0.05, 0.1) is 17.4 Å². The highest BCUT2D eigenvalue weighted by Gasteiger charge is 2.31. The number of carbonyl (C=O) groups excluding carboxylic acids is 1. The minimum absolute atomic E-state index is 0.0361. The number of aromatic nitrogens is 2. The monoisotopic (exact) mass is 351 g/mol. The van der Waals surface area contributed by atoms with Gasteiger partial charge < -0.3 is 14.8 Å². The zero-order chi connectivity index (χ0) is 17.1. The van der Waals surface area contributed by atoms with Gasteiger partial charge in [0.2, 0.25) is 0 Å². The molecule has 3 rings (SSSR count). The van der Waals surface area contributed by atoms with E-state index in [-0.39, 0.29) is 28.7 Å². The fraction of sp³-hybridized carbons (Fsp3) is 0.312. The Morgan fingerprint density at radius 2 is 2.12 bits per heavy atom. The van der Waals surface area contributed by atoms with Crippen molar-refractivity contribution in [1.82, 2.24) is 9.97 Å². The maximum atomic E-state index is 13.6. The molecule has 6 nitrogen and oxygen atoms in total. The Morgan fingerprint density at radius 3 is 2.83 bits per heavy atom. The van der Waals surface area contributed by atoms with Crippen molar-refractivity contribution in [2.45, 2.75) is 25.0 Å². The topological polar surface area (TPSA) is 73.3 Å². The van der Waals surface area contributed by atoms with Crippen LogP contribution in [0.5, 0.6) is 5.75 Å². The molecule has 1 N–H and O–H groups in total. The van der Waals surface area contributed by atoms with Crippen LogP contribution in [0, 0.1) is 5.82 Å². The molecule has 0 amide bonds. The van der Waals surface area contributed by atoms with Crippen LogP contribution in [0.2, 0.25) is 5.15 Å². The summed E-state index contributed by atoms with van der Waals surface area (Å²) in [6, 6.07) is 4.09. The lowest BCUT2D eigenvalue weighted by molar-refractivity contribution is -0.0379. The first-order chi connectivity index (χ1) is 11.6. The molecule has 0 aliphatic heterocycles. The normalized spacial score (nSPS) is 19.5. The van der Waals surface area contributed by atoms with Crippen LogP contribution in [0.3, 0.4) is 0 Å². The van der Waals surface area contributed by atoms with Gasteiger partial charge in [0.25, 0.3) is 0 Å². The Labute approximate surface area is 143 Å². The first-order valence-corrected chi connectivity index (χ1v) is 7.70. The molecule has 24 heavy (non-hydrogen) atoms. The highest BCUT2D eigenvalue weighted by atomic mass is 35.5. The molecule has 1 aromatic heterocycles. The molecule has 1 fully saturated rings. The molecule has 126 valence electrons. The second-order valence-corrected chi connectivity index (χ2v) is 5.74. The summed E-state index contributed by atoms with van der Waals surface area (Å²) in [5, 5.41) is 2.99. The van der Waals surface area contributed by atoms with Crippen molar-refractivity contribution >= 4 is 29.4 Å². The molecular weight excluding hydrogens is 337 g/mol. The number of hydrogen-bond donors (Lipinski definition) is 1. The van der Waals surface area contributed by atoms with Crippen molar-refractivity contribution in [1.29, 1.82) is 0 Å². The summed E-state index contributed by atoms with van der Waals surface area (Å²) < 4.78 is 24.6. The van der Waals surface area contributed by atoms with Crippen LogP contribution in [-0.2, 0) is 4.74 Å². The van der Waals surface area contributed by atoms with E-state index in [4.69, 9.17) is 21.1 Å². The number of anilines is 2. The third kappa shape index (κ3) is 3.47. The van der Waals surface area contributed by atoms with E-state index in [0.717, 1.165) is 12.8 Å². The highest BCUT2D eigenvalue weighted by Crippen LogP contribution is 2.34. The summed E-state index contributed by atoms with van der Waals surface area (Å²) in [6.07, 6.45) is 3.40. The maximum Gasteiger partial charge on any atom is 0.156 e. The van der Waals surface area contributed by atoms with Gasteiger partial charge in [0.1, 0.15) is 35.0 Å². The highest BCUT2D eigenvalue weighted by molar-refractivity contribution is 6.32. The van der Waals surface area contributed by atoms with Crippen LogP contribution >= 0.6 is 11.6 Å². The van der Waals surface area contributed by atoms with Crippen molar-refractivity contribution in [3.63, 3.8) is 0 Å². The average molecular weight is 352 g/mol. The fourth-order valence-electron chi connectivity index (χ4n) is 2.39. The zero-order valence-electron chi connectivity index (χ0n) is 12.8. The van der Waals surface area contributed by atoms with Crippen molar-refractivity contribution < 1.29 is 18.7 Å².